The van der Waals surface area contributed by atoms with Crippen molar-refractivity contribution < 1.29 is 4.42 Å². The smallest absolute Gasteiger partial charge is 0.169 e. The van der Waals surface area contributed by atoms with Crippen molar-refractivity contribution in [2.45, 2.75) is 25.9 Å². The Hall–Kier alpha value is -0.790. The normalized spacial score (nSPS) is 11.7. The Morgan fingerprint density at radius 2 is 2.29 bits per heavy atom. The van der Waals surface area contributed by atoms with Crippen molar-refractivity contribution in [3.8, 4) is 6.07 Å². The first-order chi connectivity index (χ1) is 6.45. The van der Waals surface area contributed by atoms with Gasteiger partial charge in [-0.05, 0) is 42.9 Å². The van der Waals surface area contributed by atoms with Gasteiger partial charge in [-0.15, -0.1) is 0 Å². The van der Waals surface area contributed by atoms with Crippen molar-refractivity contribution >= 4 is 15.9 Å². The summed E-state index contributed by atoms with van der Waals surface area (Å²) in [7, 11) is 1.92. The molecule has 0 radical (unpaired) electrons. The zero-order valence-corrected chi connectivity index (χ0v) is 10.1. The highest BCUT2D eigenvalue weighted by Crippen LogP contribution is 2.19. The third kappa shape index (κ3) is 2.60. The number of hydrogen-bond acceptors (Lipinski definition) is 3. The average Bonchev–Trinajstić information content (AvgIpc) is 2.51. The molecule has 76 valence electrons. The summed E-state index contributed by atoms with van der Waals surface area (Å²) in [6, 6.07) is 4.16. The molecule has 1 heterocycles. The van der Waals surface area contributed by atoms with E-state index in [1.807, 2.05) is 31.9 Å². The van der Waals surface area contributed by atoms with Gasteiger partial charge in [-0.1, -0.05) is 0 Å². The van der Waals surface area contributed by atoms with E-state index >= 15 is 0 Å². The molecule has 0 bridgehead atoms. The number of furan rings is 1. The quantitative estimate of drug-likeness (QED) is 0.835. The molecule has 0 N–H and O–H groups in total. The van der Waals surface area contributed by atoms with E-state index in [-0.39, 0.29) is 0 Å². The fraction of sp³-hybridized carbons (Fsp3) is 0.500. The minimum atomic E-state index is -0.455. The van der Waals surface area contributed by atoms with E-state index in [0.29, 0.717) is 6.54 Å². The lowest BCUT2D eigenvalue weighted by atomic mass is 10.1. The molecule has 4 heteroatoms. The summed E-state index contributed by atoms with van der Waals surface area (Å²) in [6.45, 7) is 4.49. The summed E-state index contributed by atoms with van der Waals surface area (Å²) in [5.74, 6) is 0. The van der Waals surface area contributed by atoms with Crippen molar-refractivity contribution in [3.63, 3.8) is 0 Å². The Labute approximate surface area is 92.4 Å². The van der Waals surface area contributed by atoms with E-state index in [4.69, 9.17) is 9.68 Å². The van der Waals surface area contributed by atoms with Crippen molar-refractivity contribution in [3.05, 3.63) is 22.6 Å². The first-order valence-corrected chi connectivity index (χ1v) is 5.10. The van der Waals surface area contributed by atoms with Gasteiger partial charge in [-0.25, -0.2) is 0 Å². The van der Waals surface area contributed by atoms with Crippen LogP contribution in [0.2, 0.25) is 0 Å². The highest BCUT2D eigenvalue weighted by molar-refractivity contribution is 9.10. The Kier molecular flexibility index (Phi) is 3.35. The fourth-order valence-corrected chi connectivity index (χ4v) is 1.37. The number of halogens is 1. The predicted molar refractivity (Wildman–Crippen MR) is 57.6 cm³/mol. The van der Waals surface area contributed by atoms with Gasteiger partial charge in [-0.3, -0.25) is 4.90 Å². The summed E-state index contributed by atoms with van der Waals surface area (Å²) in [5, 5.41) is 8.92. The molecule has 0 saturated carbocycles. The molecule has 0 fully saturated rings. The average molecular weight is 257 g/mol. The minimum Gasteiger partial charge on any atom is -0.457 e. The third-order valence-corrected chi connectivity index (χ3v) is 2.69. The van der Waals surface area contributed by atoms with Crippen LogP contribution in [-0.4, -0.2) is 17.5 Å². The molecule has 0 aliphatic heterocycles. The zero-order chi connectivity index (χ0) is 10.8. The molecule has 1 rings (SSSR count). The van der Waals surface area contributed by atoms with Crippen LogP contribution >= 0.6 is 15.9 Å². The SMILES string of the molecule is CN(Cc1coc(Br)c1)C(C)(C)C#N. The molecule has 0 unspecified atom stereocenters. The molecule has 14 heavy (non-hydrogen) atoms. The topological polar surface area (TPSA) is 40.2 Å². The number of hydrogen-bond donors (Lipinski definition) is 0. The van der Waals surface area contributed by atoms with Gasteiger partial charge in [-0.2, -0.15) is 5.26 Å². The third-order valence-electron chi connectivity index (χ3n) is 2.27. The Balaban J connectivity index is 2.67. The number of nitriles is 1. The maximum atomic E-state index is 8.92. The lowest BCUT2D eigenvalue weighted by Gasteiger charge is -2.28. The Morgan fingerprint density at radius 1 is 1.64 bits per heavy atom. The van der Waals surface area contributed by atoms with Gasteiger partial charge in [0.1, 0.15) is 5.54 Å². The predicted octanol–water partition coefficient (Wildman–Crippen LogP) is 2.78. The van der Waals surface area contributed by atoms with Gasteiger partial charge >= 0.3 is 0 Å². The summed E-state index contributed by atoms with van der Waals surface area (Å²) in [5.41, 5.74) is 0.603. The summed E-state index contributed by atoms with van der Waals surface area (Å²) in [4.78, 5) is 1.98. The molecule has 1 aromatic heterocycles. The van der Waals surface area contributed by atoms with E-state index in [2.05, 4.69) is 22.0 Å². The van der Waals surface area contributed by atoms with Gasteiger partial charge in [0.05, 0.1) is 12.3 Å². The van der Waals surface area contributed by atoms with Crippen molar-refractivity contribution in [2.75, 3.05) is 7.05 Å². The van der Waals surface area contributed by atoms with Crippen LogP contribution in [0.15, 0.2) is 21.4 Å². The van der Waals surface area contributed by atoms with Crippen LogP contribution in [0.1, 0.15) is 19.4 Å². The lowest BCUT2D eigenvalue weighted by molar-refractivity contribution is 0.202. The minimum absolute atomic E-state index is 0.455. The molecular weight excluding hydrogens is 244 g/mol. The van der Waals surface area contributed by atoms with E-state index < -0.39 is 5.54 Å². The molecule has 0 aliphatic rings. The van der Waals surface area contributed by atoms with Crippen LogP contribution < -0.4 is 0 Å². The first kappa shape index (κ1) is 11.3. The van der Waals surface area contributed by atoms with Gasteiger partial charge in [0, 0.05) is 12.1 Å². The first-order valence-electron chi connectivity index (χ1n) is 4.31. The van der Waals surface area contributed by atoms with Gasteiger partial charge in [0.25, 0.3) is 0 Å². The molecule has 0 amide bonds. The Morgan fingerprint density at radius 3 is 2.71 bits per heavy atom. The van der Waals surface area contributed by atoms with Crippen molar-refractivity contribution in [2.24, 2.45) is 0 Å². The molecule has 3 nitrogen and oxygen atoms in total. The highest BCUT2D eigenvalue weighted by atomic mass is 79.9. The maximum Gasteiger partial charge on any atom is 0.169 e. The number of rotatable bonds is 3. The molecule has 0 saturated heterocycles. The van der Waals surface area contributed by atoms with Gasteiger partial charge in [0.15, 0.2) is 4.67 Å². The second-order valence-corrected chi connectivity index (χ2v) is 4.57. The second-order valence-electron chi connectivity index (χ2n) is 3.79. The summed E-state index contributed by atoms with van der Waals surface area (Å²) < 4.78 is 5.84. The largest absolute Gasteiger partial charge is 0.457 e. The molecular formula is C10H13BrN2O. The van der Waals surface area contributed by atoms with Crippen LogP contribution in [-0.2, 0) is 6.54 Å². The molecule has 1 aromatic rings. The second kappa shape index (κ2) is 4.16. The Bertz CT molecular complexity index is 351. The standard InChI is InChI=1S/C10H13BrN2O/c1-10(2,7-12)13(3)5-8-4-9(11)14-6-8/h4,6H,5H2,1-3H3. The van der Waals surface area contributed by atoms with Crippen molar-refractivity contribution in [1.29, 1.82) is 5.26 Å². The van der Waals surface area contributed by atoms with E-state index in [9.17, 15) is 0 Å². The van der Waals surface area contributed by atoms with Crippen LogP contribution in [0.4, 0.5) is 0 Å². The molecule has 0 aliphatic carbocycles. The van der Waals surface area contributed by atoms with E-state index in [0.717, 1.165) is 10.2 Å². The fourth-order valence-electron chi connectivity index (χ4n) is 0.986. The van der Waals surface area contributed by atoms with Crippen molar-refractivity contribution in [1.82, 2.24) is 4.90 Å². The van der Waals surface area contributed by atoms with Crippen LogP contribution in [0.3, 0.4) is 0 Å². The van der Waals surface area contributed by atoms with Gasteiger partial charge < -0.3 is 4.42 Å². The van der Waals surface area contributed by atoms with Crippen LogP contribution in [0.25, 0.3) is 0 Å². The van der Waals surface area contributed by atoms with Gasteiger partial charge in [0.2, 0.25) is 0 Å². The maximum absolute atomic E-state index is 8.92. The molecule has 0 spiro atoms. The highest BCUT2D eigenvalue weighted by Gasteiger charge is 2.22. The molecule has 0 aromatic carbocycles. The monoisotopic (exact) mass is 256 g/mol. The van der Waals surface area contributed by atoms with Crippen LogP contribution in [0.5, 0.6) is 0 Å². The zero-order valence-electron chi connectivity index (χ0n) is 8.54. The van der Waals surface area contributed by atoms with Crippen LogP contribution in [0, 0.1) is 11.3 Å². The summed E-state index contributed by atoms with van der Waals surface area (Å²) >= 11 is 3.24. The van der Waals surface area contributed by atoms with E-state index in [1.165, 1.54) is 0 Å². The number of nitrogens with zero attached hydrogens (tertiary/aromatic N) is 2. The molecule has 0 atom stereocenters. The lowest BCUT2D eigenvalue weighted by Crippen LogP contribution is -2.38. The van der Waals surface area contributed by atoms with E-state index in [1.54, 1.807) is 6.26 Å². The summed E-state index contributed by atoms with van der Waals surface area (Å²) in [6.07, 6.45) is 1.69.